The predicted molar refractivity (Wildman–Crippen MR) is 71.1 cm³/mol. The van der Waals surface area contributed by atoms with Crippen molar-refractivity contribution < 1.29 is 0 Å². The summed E-state index contributed by atoms with van der Waals surface area (Å²) in [5.74, 6) is 0. The number of rotatable bonds is 2. The lowest BCUT2D eigenvalue weighted by Gasteiger charge is -2.08. The molecule has 2 aromatic rings. The molecule has 1 aromatic heterocycles. The quantitative estimate of drug-likeness (QED) is 0.603. The molecule has 0 atom stereocenters. The Morgan fingerprint density at radius 2 is 2.29 bits per heavy atom. The molecule has 14 heavy (non-hydrogen) atoms. The van der Waals surface area contributed by atoms with Crippen LogP contribution >= 0.6 is 39.9 Å². The molecule has 1 heterocycles. The minimum atomic E-state index is 0.882. The number of thiol groups is 1. The normalized spacial score (nSPS) is 11.1. The Balaban J connectivity index is 2.80. The first-order valence-corrected chi connectivity index (χ1v) is 6.99. The first kappa shape index (κ1) is 10.5. The van der Waals surface area contributed by atoms with E-state index in [9.17, 15) is 0 Å². The van der Waals surface area contributed by atoms with Gasteiger partial charge in [-0.1, -0.05) is 22.9 Å². The van der Waals surface area contributed by atoms with E-state index in [4.69, 9.17) is 0 Å². The second-order valence-corrected chi connectivity index (χ2v) is 5.14. The van der Waals surface area contributed by atoms with Crippen molar-refractivity contribution in [2.75, 3.05) is 0 Å². The molecule has 0 saturated carbocycles. The largest absolute Gasteiger partial charge is 0.144 e. The smallest absolute Gasteiger partial charge is 0.0349 e. The molecule has 0 aliphatic rings. The van der Waals surface area contributed by atoms with Gasteiger partial charge >= 0.3 is 0 Å². The summed E-state index contributed by atoms with van der Waals surface area (Å²) in [7, 11) is 0. The fourth-order valence-electron chi connectivity index (χ4n) is 1.69. The van der Waals surface area contributed by atoms with Gasteiger partial charge in [0, 0.05) is 14.9 Å². The maximum absolute atomic E-state index is 4.60. The van der Waals surface area contributed by atoms with Crippen LogP contribution in [0.5, 0.6) is 0 Å². The molecule has 0 aliphatic carbocycles. The third-order valence-corrected chi connectivity index (χ3v) is 4.44. The molecule has 0 saturated heterocycles. The Kier molecular flexibility index (Phi) is 3.20. The average molecular weight is 287 g/mol. The van der Waals surface area contributed by atoms with Gasteiger partial charge in [-0.3, -0.25) is 0 Å². The zero-order chi connectivity index (χ0) is 10.1. The molecule has 74 valence electrons. The van der Waals surface area contributed by atoms with E-state index in [2.05, 4.69) is 53.0 Å². The average Bonchev–Trinajstić information content (AvgIpc) is 2.64. The summed E-state index contributed by atoms with van der Waals surface area (Å²) < 4.78 is 1.37. The van der Waals surface area contributed by atoms with Gasteiger partial charge in [0.1, 0.15) is 0 Å². The first-order valence-electron chi connectivity index (χ1n) is 4.54. The van der Waals surface area contributed by atoms with Gasteiger partial charge < -0.3 is 0 Å². The summed E-state index contributed by atoms with van der Waals surface area (Å²) in [6.07, 6.45) is 1.05. The molecule has 0 N–H and O–H groups in total. The molecule has 0 radical (unpaired) electrons. The topological polar surface area (TPSA) is 0 Å². The number of benzene rings is 1. The Bertz CT molecular complexity index is 460. The van der Waals surface area contributed by atoms with Gasteiger partial charge in [-0.25, -0.2) is 0 Å². The fourth-order valence-corrected chi connectivity index (χ4v) is 3.65. The maximum Gasteiger partial charge on any atom is 0.0349 e. The van der Waals surface area contributed by atoms with Crippen molar-refractivity contribution in [2.45, 2.75) is 23.6 Å². The Hall–Kier alpha value is 0.01000. The van der Waals surface area contributed by atoms with Gasteiger partial charge in [0.15, 0.2) is 0 Å². The third kappa shape index (κ3) is 1.62. The highest BCUT2D eigenvalue weighted by atomic mass is 79.9. The zero-order valence-electron chi connectivity index (χ0n) is 7.88. The molecule has 0 nitrogen and oxygen atoms in total. The van der Waals surface area contributed by atoms with Gasteiger partial charge in [-0.15, -0.1) is 24.0 Å². The van der Waals surface area contributed by atoms with Crippen molar-refractivity contribution in [3.05, 3.63) is 28.6 Å². The molecule has 2 rings (SSSR count). The van der Waals surface area contributed by atoms with Crippen LogP contribution in [-0.4, -0.2) is 0 Å². The van der Waals surface area contributed by atoms with Crippen LogP contribution in [0, 0.1) is 0 Å². The van der Waals surface area contributed by atoms with Crippen LogP contribution < -0.4 is 0 Å². The maximum atomic E-state index is 4.60. The van der Waals surface area contributed by atoms with Crippen molar-refractivity contribution in [2.24, 2.45) is 0 Å². The van der Waals surface area contributed by atoms with E-state index in [0.29, 0.717) is 0 Å². The molecule has 0 unspecified atom stereocenters. The SMILES string of the molecule is CCc1c(S)c(CBr)cc2sccc12. The highest BCUT2D eigenvalue weighted by Crippen LogP contribution is 2.33. The molecular formula is C11H11BrS2. The van der Waals surface area contributed by atoms with Crippen molar-refractivity contribution >= 4 is 50.0 Å². The Labute approximate surface area is 102 Å². The van der Waals surface area contributed by atoms with E-state index in [1.54, 1.807) is 11.3 Å². The van der Waals surface area contributed by atoms with E-state index in [0.717, 1.165) is 16.6 Å². The second kappa shape index (κ2) is 4.25. The van der Waals surface area contributed by atoms with E-state index in [-0.39, 0.29) is 0 Å². The number of halogens is 1. The molecule has 0 aliphatic heterocycles. The van der Waals surface area contributed by atoms with Crippen LogP contribution in [0.2, 0.25) is 0 Å². The molecule has 3 heteroatoms. The van der Waals surface area contributed by atoms with E-state index < -0.39 is 0 Å². The second-order valence-electron chi connectivity index (χ2n) is 3.18. The minimum Gasteiger partial charge on any atom is -0.144 e. The molecule has 0 fully saturated rings. The van der Waals surface area contributed by atoms with Crippen molar-refractivity contribution in [3.8, 4) is 0 Å². The molecule has 1 aromatic carbocycles. The monoisotopic (exact) mass is 286 g/mol. The van der Waals surface area contributed by atoms with Crippen molar-refractivity contribution in [1.82, 2.24) is 0 Å². The van der Waals surface area contributed by atoms with Crippen molar-refractivity contribution in [3.63, 3.8) is 0 Å². The van der Waals surface area contributed by atoms with Crippen LogP contribution in [0.4, 0.5) is 0 Å². The summed E-state index contributed by atoms with van der Waals surface area (Å²) >= 11 is 9.90. The van der Waals surface area contributed by atoms with Crippen LogP contribution in [0.3, 0.4) is 0 Å². The summed E-state index contributed by atoms with van der Waals surface area (Å²) in [6.45, 7) is 2.18. The van der Waals surface area contributed by atoms with Crippen LogP contribution in [0.25, 0.3) is 10.1 Å². The van der Waals surface area contributed by atoms with Gasteiger partial charge in [0.25, 0.3) is 0 Å². The summed E-state index contributed by atoms with van der Waals surface area (Å²) in [5, 5.41) is 4.40. The number of fused-ring (bicyclic) bond motifs is 1. The summed E-state index contributed by atoms with van der Waals surface area (Å²) in [5.41, 5.74) is 2.67. The number of thiophene rings is 1. The number of hydrogen-bond donors (Lipinski definition) is 1. The van der Waals surface area contributed by atoms with Gasteiger partial charge in [-0.2, -0.15) is 0 Å². The lowest BCUT2D eigenvalue weighted by Crippen LogP contribution is -1.89. The van der Waals surface area contributed by atoms with Crippen molar-refractivity contribution in [1.29, 1.82) is 0 Å². The number of hydrogen-bond acceptors (Lipinski definition) is 2. The van der Waals surface area contributed by atoms with E-state index in [1.807, 2.05) is 0 Å². The number of aryl methyl sites for hydroxylation is 1. The Morgan fingerprint density at radius 1 is 1.50 bits per heavy atom. The predicted octanol–water partition coefficient (Wildman–Crippen LogP) is 4.65. The summed E-state index contributed by atoms with van der Waals surface area (Å²) in [4.78, 5) is 1.15. The first-order chi connectivity index (χ1) is 6.77. The zero-order valence-corrected chi connectivity index (χ0v) is 11.2. The standard InChI is InChI=1S/C11H11BrS2/c1-2-8-9-3-4-14-10(9)5-7(6-12)11(8)13/h3-5,13H,2,6H2,1H3. The highest BCUT2D eigenvalue weighted by molar-refractivity contribution is 9.08. The van der Waals surface area contributed by atoms with E-state index >= 15 is 0 Å². The molecule has 0 amide bonds. The summed E-state index contributed by atoms with van der Waals surface area (Å²) in [6, 6.07) is 4.42. The van der Waals surface area contributed by atoms with Gasteiger partial charge in [0.2, 0.25) is 0 Å². The van der Waals surface area contributed by atoms with Crippen LogP contribution in [0.15, 0.2) is 22.4 Å². The Morgan fingerprint density at radius 3 is 2.93 bits per heavy atom. The fraction of sp³-hybridized carbons (Fsp3) is 0.273. The van der Waals surface area contributed by atoms with Gasteiger partial charge in [0.05, 0.1) is 0 Å². The highest BCUT2D eigenvalue weighted by Gasteiger charge is 2.09. The molecule has 0 bridgehead atoms. The van der Waals surface area contributed by atoms with E-state index in [1.165, 1.54) is 21.2 Å². The number of alkyl halides is 1. The lowest BCUT2D eigenvalue weighted by molar-refractivity contribution is 1.09. The van der Waals surface area contributed by atoms with Crippen LogP contribution in [0.1, 0.15) is 18.1 Å². The lowest BCUT2D eigenvalue weighted by atomic mass is 10.1. The van der Waals surface area contributed by atoms with Crippen LogP contribution in [-0.2, 0) is 11.8 Å². The van der Waals surface area contributed by atoms with Gasteiger partial charge in [-0.05, 0) is 40.4 Å². The minimum absolute atomic E-state index is 0.882. The molecular weight excluding hydrogens is 276 g/mol. The third-order valence-electron chi connectivity index (χ3n) is 2.41. The molecule has 0 spiro atoms.